The van der Waals surface area contributed by atoms with Crippen LogP contribution in [0.3, 0.4) is 0 Å². The topological polar surface area (TPSA) is 54.7 Å². The van der Waals surface area contributed by atoms with Gasteiger partial charge in [0.25, 0.3) is 0 Å². The Balaban J connectivity index is 0.000000396. The normalized spacial score (nSPS) is 9.46. The summed E-state index contributed by atoms with van der Waals surface area (Å²) in [6, 6.07) is 3.91. The first-order valence-electron chi connectivity index (χ1n) is 4.46. The van der Waals surface area contributed by atoms with Gasteiger partial charge < -0.3 is 10.7 Å². The van der Waals surface area contributed by atoms with Crippen LogP contribution >= 0.6 is 0 Å². The molecule has 0 unspecified atom stereocenters. The molecule has 0 fully saturated rings. The number of pyridine rings is 1. The number of H-pyrrole nitrogens is 1. The molecule has 3 nitrogen and oxygen atoms in total. The second kappa shape index (κ2) is 3.94. The van der Waals surface area contributed by atoms with E-state index in [1.807, 2.05) is 32.9 Å². The lowest BCUT2D eigenvalue weighted by atomic mass is 10.3. The minimum atomic E-state index is 0.566. The van der Waals surface area contributed by atoms with Crippen molar-refractivity contribution < 1.29 is 0 Å². The second-order valence-corrected chi connectivity index (χ2v) is 2.65. The van der Waals surface area contributed by atoms with Crippen LogP contribution < -0.4 is 5.73 Å². The maximum absolute atomic E-state index is 5.51. The molecule has 3 heteroatoms. The summed E-state index contributed by atoms with van der Waals surface area (Å²) in [5.41, 5.74) is 7.68. The highest BCUT2D eigenvalue weighted by Gasteiger charge is 1.96. The van der Waals surface area contributed by atoms with Gasteiger partial charge in [-0.25, -0.2) is 4.98 Å². The number of nitrogens with two attached hydrogens (primary N) is 1. The van der Waals surface area contributed by atoms with Crippen molar-refractivity contribution in [3.05, 3.63) is 24.0 Å². The smallest absolute Gasteiger partial charge is 0.124 e. The summed E-state index contributed by atoms with van der Waals surface area (Å²) < 4.78 is 0. The summed E-state index contributed by atoms with van der Waals surface area (Å²) in [7, 11) is 0. The average molecular weight is 177 g/mol. The summed E-state index contributed by atoms with van der Waals surface area (Å²) in [6.07, 6.45) is 1.75. The summed E-state index contributed by atoms with van der Waals surface area (Å²) in [4.78, 5) is 7.13. The van der Waals surface area contributed by atoms with Crippen LogP contribution in [-0.4, -0.2) is 9.97 Å². The van der Waals surface area contributed by atoms with Crippen LogP contribution in [0.15, 0.2) is 18.3 Å². The van der Waals surface area contributed by atoms with Crippen LogP contribution in [0.1, 0.15) is 19.5 Å². The van der Waals surface area contributed by atoms with Crippen molar-refractivity contribution >= 4 is 16.7 Å². The lowest BCUT2D eigenvalue weighted by Gasteiger charge is -1.89. The zero-order valence-corrected chi connectivity index (χ0v) is 8.26. The van der Waals surface area contributed by atoms with Crippen molar-refractivity contribution in [1.82, 2.24) is 9.97 Å². The summed E-state index contributed by atoms with van der Waals surface area (Å²) in [5, 5.41) is 1.12. The molecule has 3 N–H and O–H groups in total. The standard InChI is InChI=1S/C8H9N3.C2H6/c1-5-2-6-3-8(9)10-4-7(6)11-5;1-2/h2-4,11H,1H3,(H2,9,10);1-2H3. The van der Waals surface area contributed by atoms with E-state index in [-0.39, 0.29) is 0 Å². The molecular weight excluding hydrogens is 162 g/mol. The predicted molar refractivity (Wildman–Crippen MR) is 56.6 cm³/mol. The SMILES string of the molecule is CC.Cc1cc2cc(N)ncc2[nH]1. The van der Waals surface area contributed by atoms with E-state index in [1.165, 1.54) is 0 Å². The molecule has 2 aromatic rings. The van der Waals surface area contributed by atoms with Gasteiger partial charge in [-0.1, -0.05) is 13.8 Å². The van der Waals surface area contributed by atoms with E-state index in [1.54, 1.807) is 6.20 Å². The number of aryl methyl sites for hydroxylation is 1. The summed E-state index contributed by atoms with van der Waals surface area (Å²) in [6.45, 7) is 6.01. The Bertz CT molecular complexity index is 390. The minimum absolute atomic E-state index is 0.566. The van der Waals surface area contributed by atoms with Crippen molar-refractivity contribution in [2.24, 2.45) is 0 Å². The van der Waals surface area contributed by atoms with Crippen molar-refractivity contribution in [2.75, 3.05) is 5.73 Å². The number of hydrogen-bond acceptors (Lipinski definition) is 2. The van der Waals surface area contributed by atoms with Gasteiger partial charge >= 0.3 is 0 Å². The third-order valence-electron chi connectivity index (χ3n) is 1.66. The summed E-state index contributed by atoms with van der Waals surface area (Å²) in [5.74, 6) is 0.566. The summed E-state index contributed by atoms with van der Waals surface area (Å²) >= 11 is 0. The maximum atomic E-state index is 5.51. The molecule has 0 atom stereocenters. The van der Waals surface area contributed by atoms with Gasteiger partial charge in [-0.05, 0) is 19.1 Å². The monoisotopic (exact) mass is 177 g/mol. The van der Waals surface area contributed by atoms with Crippen LogP contribution in [0.25, 0.3) is 10.9 Å². The first-order valence-corrected chi connectivity index (χ1v) is 4.46. The quantitative estimate of drug-likeness (QED) is 0.649. The van der Waals surface area contributed by atoms with Gasteiger partial charge in [-0.2, -0.15) is 0 Å². The molecule has 0 bridgehead atoms. The van der Waals surface area contributed by atoms with E-state index in [4.69, 9.17) is 5.73 Å². The Hall–Kier alpha value is -1.51. The van der Waals surface area contributed by atoms with E-state index in [0.29, 0.717) is 5.82 Å². The minimum Gasteiger partial charge on any atom is -0.384 e. The van der Waals surface area contributed by atoms with Crippen LogP contribution in [0.4, 0.5) is 5.82 Å². The fraction of sp³-hybridized carbons (Fsp3) is 0.300. The van der Waals surface area contributed by atoms with Crippen LogP contribution in [0.2, 0.25) is 0 Å². The molecule has 0 aliphatic carbocycles. The molecule has 0 spiro atoms. The van der Waals surface area contributed by atoms with Gasteiger partial charge in [0.15, 0.2) is 0 Å². The number of anilines is 1. The van der Waals surface area contributed by atoms with Crippen LogP contribution in [-0.2, 0) is 0 Å². The zero-order chi connectivity index (χ0) is 9.84. The highest BCUT2D eigenvalue weighted by molar-refractivity contribution is 5.81. The van der Waals surface area contributed by atoms with E-state index < -0.39 is 0 Å². The van der Waals surface area contributed by atoms with Gasteiger partial charge in [-0.3, -0.25) is 0 Å². The highest BCUT2D eigenvalue weighted by Crippen LogP contribution is 2.15. The van der Waals surface area contributed by atoms with Crippen molar-refractivity contribution in [1.29, 1.82) is 0 Å². The van der Waals surface area contributed by atoms with Crippen molar-refractivity contribution in [3.63, 3.8) is 0 Å². The Morgan fingerprint density at radius 3 is 2.69 bits per heavy atom. The zero-order valence-electron chi connectivity index (χ0n) is 8.26. The number of nitrogens with one attached hydrogen (secondary N) is 1. The number of fused-ring (bicyclic) bond motifs is 1. The Kier molecular flexibility index (Phi) is 2.90. The third kappa shape index (κ3) is 1.99. The largest absolute Gasteiger partial charge is 0.384 e. The van der Waals surface area contributed by atoms with Gasteiger partial charge in [0, 0.05) is 11.1 Å². The molecule has 0 aliphatic rings. The molecule has 0 aromatic carbocycles. The molecule has 0 saturated carbocycles. The molecule has 2 rings (SSSR count). The Labute approximate surface area is 78.0 Å². The van der Waals surface area contributed by atoms with Gasteiger partial charge in [0.05, 0.1) is 11.7 Å². The van der Waals surface area contributed by atoms with E-state index in [2.05, 4.69) is 9.97 Å². The Morgan fingerprint density at radius 2 is 2.00 bits per heavy atom. The lowest BCUT2D eigenvalue weighted by Crippen LogP contribution is -1.87. The van der Waals surface area contributed by atoms with Gasteiger partial charge in [-0.15, -0.1) is 0 Å². The first kappa shape index (κ1) is 9.58. The molecule has 70 valence electrons. The molecule has 13 heavy (non-hydrogen) atoms. The van der Waals surface area contributed by atoms with Gasteiger partial charge in [0.2, 0.25) is 0 Å². The van der Waals surface area contributed by atoms with Crippen molar-refractivity contribution in [3.8, 4) is 0 Å². The molecule has 0 radical (unpaired) electrons. The molecule has 0 aliphatic heterocycles. The highest BCUT2D eigenvalue weighted by atomic mass is 14.8. The second-order valence-electron chi connectivity index (χ2n) is 2.65. The van der Waals surface area contributed by atoms with E-state index in [0.717, 1.165) is 16.6 Å². The fourth-order valence-electron chi connectivity index (χ4n) is 1.19. The third-order valence-corrected chi connectivity index (χ3v) is 1.66. The number of nitrogens with zero attached hydrogens (tertiary/aromatic N) is 1. The molecule has 2 heterocycles. The van der Waals surface area contributed by atoms with Crippen molar-refractivity contribution in [2.45, 2.75) is 20.8 Å². The molecule has 0 saturated heterocycles. The number of aromatic nitrogens is 2. The molecule has 0 amide bonds. The number of aromatic amines is 1. The Morgan fingerprint density at radius 1 is 1.31 bits per heavy atom. The fourth-order valence-corrected chi connectivity index (χ4v) is 1.19. The molecular formula is C10H15N3. The lowest BCUT2D eigenvalue weighted by molar-refractivity contribution is 1.28. The van der Waals surface area contributed by atoms with Crippen LogP contribution in [0, 0.1) is 6.92 Å². The van der Waals surface area contributed by atoms with E-state index >= 15 is 0 Å². The van der Waals surface area contributed by atoms with Gasteiger partial charge in [0.1, 0.15) is 5.82 Å². The average Bonchev–Trinajstić information content (AvgIpc) is 2.48. The van der Waals surface area contributed by atoms with Crippen LogP contribution in [0.5, 0.6) is 0 Å². The number of nitrogen functional groups attached to an aromatic ring is 1. The first-order chi connectivity index (χ1) is 6.25. The maximum Gasteiger partial charge on any atom is 0.124 e. The molecule has 2 aromatic heterocycles. The number of rotatable bonds is 0. The number of hydrogen-bond donors (Lipinski definition) is 2. The predicted octanol–water partition coefficient (Wildman–Crippen LogP) is 2.48. The van der Waals surface area contributed by atoms with E-state index in [9.17, 15) is 0 Å².